The van der Waals surface area contributed by atoms with Crippen molar-refractivity contribution in [2.24, 2.45) is 0 Å². The molecule has 4 nitrogen and oxygen atoms in total. The van der Waals surface area contributed by atoms with Crippen molar-refractivity contribution in [3.8, 4) is 0 Å². The fourth-order valence-corrected chi connectivity index (χ4v) is 1.87. The Morgan fingerprint density at radius 1 is 1.15 bits per heavy atom. The van der Waals surface area contributed by atoms with Crippen molar-refractivity contribution in [3.63, 3.8) is 0 Å². The van der Waals surface area contributed by atoms with E-state index in [9.17, 15) is 18.9 Å². The topological polar surface area (TPSA) is 55.2 Å². The Bertz CT molecular complexity index is 627. The third-order valence-electron chi connectivity index (χ3n) is 2.83. The Morgan fingerprint density at radius 3 is 2.40 bits per heavy atom. The summed E-state index contributed by atoms with van der Waals surface area (Å²) in [6, 6.07) is 8.78. The largest absolute Gasteiger partial charge is 0.378 e. The van der Waals surface area contributed by atoms with E-state index in [1.807, 2.05) is 0 Å². The molecule has 2 aromatic carbocycles. The highest BCUT2D eigenvalue weighted by Gasteiger charge is 2.11. The Hall–Kier alpha value is -2.50. The summed E-state index contributed by atoms with van der Waals surface area (Å²) < 4.78 is 26.3. The molecule has 0 aromatic heterocycles. The van der Waals surface area contributed by atoms with Crippen molar-refractivity contribution in [1.82, 2.24) is 0 Å². The number of nitrogens with zero attached hydrogens (tertiary/aromatic N) is 1. The second-order valence-electron chi connectivity index (χ2n) is 4.38. The maximum atomic E-state index is 13.1. The average Bonchev–Trinajstić information content (AvgIpc) is 2.37. The van der Waals surface area contributed by atoms with Gasteiger partial charge in [-0.1, -0.05) is 6.07 Å². The van der Waals surface area contributed by atoms with Crippen LogP contribution in [0.2, 0.25) is 0 Å². The van der Waals surface area contributed by atoms with Crippen LogP contribution in [0.3, 0.4) is 0 Å². The minimum absolute atomic E-state index is 0.0485. The van der Waals surface area contributed by atoms with Crippen LogP contribution in [-0.2, 0) is 0 Å². The van der Waals surface area contributed by atoms with Gasteiger partial charge in [0, 0.05) is 29.9 Å². The van der Waals surface area contributed by atoms with Crippen LogP contribution in [0.5, 0.6) is 0 Å². The molecule has 1 unspecified atom stereocenters. The van der Waals surface area contributed by atoms with E-state index in [1.165, 1.54) is 24.3 Å². The van der Waals surface area contributed by atoms with E-state index in [0.717, 1.165) is 6.07 Å². The molecule has 1 atom stereocenters. The summed E-state index contributed by atoms with van der Waals surface area (Å²) in [5, 5.41) is 13.6. The van der Waals surface area contributed by atoms with Gasteiger partial charge in [0.15, 0.2) is 0 Å². The van der Waals surface area contributed by atoms with Gasteiger partial charge in [-0.2, -0.15) is 0 Å². The predicted molar refractivity (Wildman–Crippen MR) is 71.5 cm³/mol. The Kier molecular flexibility index (Phi) is 3.93. The van der Waals surface area contributed by atoms with E-state index in [1.54, 1.807) is 19.1 Å². The van der Waals surface area contributed by atoms with E-state index in [4.69, 9.17) is 0 Å². The van der Waals surface area contributed by atoms with E-state index in [0.29, 0.717) is 11.3 Å². The summed E-state index contributed by atoms with van der Waals surface area (Å²) in [5.41, 5.74) is 0.887. The smallest absolute Gasteiger partial charge is 0.271 e. The fraction of sp³-hybridized carbons (Fsp3) is 0.143. The third-order valence-corrected chi connectivity index (χ3v) is 2.83. The summed E-state index contributed by atoms with van der Waals surface area (Å²) in [5.74, 6) is -1.32. The highest BCUT2D eigenvalue weighted by Crippen LogP contribution is 2.23. The number of benzene rings is 2. The Balaban J connectivity index is 2.20. The molecular formula is C14H12F2N2O2. The minimum atomic E-state index is -0.660. The predicted octanol–water partition coefficient (Wildman–Crippen LogP) is 4.05. The van der Waals surface area contributed by atoms with Gasteiger partial charge in [0.05, 0.1) is 4.92 Å². The lowest BCUT2D eigenvalue weighted by molar-refractivity contribution is -0.384. The van der Waals surface area contributed by atoms with Crippen molar-refractivity contribution in [2.75, 3.05) is 5.32 Å². The molecule has 0 aliphatic rings. The fourth-order valence-electron chi connectivity index (χ4n) is 1.87. The average molecular weight is 278 g/mol. The van der Waals surface area contributed by atoms with Crippen molar-refractivity contribution in [3.05, 3.63) is 69.8 Å². The van der Waals surface area contributed by atoms with Crippen molar-refractivity contribution in [1.29, 1.82) is 0 Å². The molecule has 0 saturated carbocycles. The second-order valence-corrected chi connectivity index (χ2v) is 4.38. The standard InChI is InChI=1S/C14H12F2N2O2/c1-9(10-5-11(15)7-12(16)6-10)17-13-3-2-4-14(8-13)18(19)20/h2-9,17H,1H3. The normalized spacial score (nSPS) is 11.9. The molecule has 0 spiro atoms. The van der Waals surface area contributed by atoms with Gasteiger partial charge in [0.25, 0.3) is 5.69 Å². The molecule has 0 aliphatic carbocycles. The third kappa shape index (κ3) is 3.28. The molecule has 0 heterocycles. The van der Waals surface area contributed by atoms with Gasteiger partial charge in [-0.05, 0) is 30.7 Å². The lowest BCUT2D eigenvalue weighted by atomic mass is 10.1. The van der Waals surface area contributed by atoms with Crippen molar-refractivity contribution in [2.45, 2.75) is 13.0 Å². The summed E-state index contributed by atoms with van der Waals surface area (Å²) in [4.78, 5) is 10.2. The minimum Gasteiger partial charge on any atom is -0.378 e. The molecule has 0 aliphatic heterocycles. The van der Waals surface area contributed by atoms with E-state index >= 15 is 0 Å². The van der Waals surface area contributed by atoms with E-state index in [-0.39, 0.29) is 11.7 Å². The highest BCUT2D eigenvalue weighted by atomic mass is 19.1. The van der Waals surface area contributed by atoms with Crippen LogP contribution < -0.4 is 5.32 Å². The second kappa shape index (κ2) is 5.64. The molecular weight excluding hydrogens is 266 g/mol. The van der Waals surface area contributed by atoms with Gasteiger partial charge in [0.1, 0.15) is 11.6 Å². The number of non-ortho nitro benzene ring substituents is 1. The molecule has 0 fully saturated rings. The van der Waals surface area contributed by atoms with Gasteiger partial charge in [-0.25, -0.2) is 8.78 Å². The maximum absolute atomic E-state index is 13.1. The van der Waals surface area contributed by atoms with Gasteiger partial charge < -0.3 is 5.32 Å². The van der Waals surface area contributed by atoms with Crippen LogP contribution in [0.4, 0.5) is 20.2 Å². The first kappa shape index (κ1) is 13.9. The van der Waals surface area contributed by atoms with Crippen LogP contribution >= 0.6 is 0 Å². The zero-order valence-electron chi connectivity index (χ0n) is 10.6. The number of halogens is 2. The van der Waals surface area contributed by atoms with Crippen molar-refractivity contribution >= 4 is 11.4 Å². The van der Waals surface area contributed by atoms with E-state index < -0.39 is 16.6 Å². The van der Waals surface area contributed by atoms with Crippen molar-refractivity contribution < 1.29 is 13.7 Å². The van der Waals surface area contributed by atoms with Crippen LogP contribution in [0, 0.1) is 21.7 Å². The number of nitrogens with one attached hydrogen (secondary N) is 1. The first-order valence-electron chi connectivity index (χ1n) is 5.92. The Labute approximate surface area is 114 Å². The first-order valence-corrected chi connectivity index (χ1v) is 5.92. The van der Waals surface area contributed by atoms with E-state index in [2.05, 4.69) is 5.32 Å². The molecule has 20 heavy (non-hydrogen) atoms. The number of hydrogen-bond donors (Lipinski definition) is 1. The van der Waals surface area contributed by atoms with Gasteiger partial charge >= 0.3 is 0 Å². The molecule has 1 N–H and O–H groups in total. The van der Waals surface area contributed by atoms with Crippen LogP contribution in [0.1, 0.15) is 18.5 Å². The van der Waals surface area contributed by atoms with Crippen LogP contribution in [0.25, 0.3) is 0 Å². The molecule has 2 aromatic rings. The molecule has 6 heteroatoms. The molecule has 0 bridgehead atoms. The number of nitro benzene ring substituents is 1. The highest BCUT2D eigenvalue weighted by molar-refractivity contribution is 5.52. The molecule has 104 valence electrons. The SMILES string of the molecule is CC(Nc1cccc([N+](=O)[O-])c1)c1cc(F)cc(F)c1. The van der Waals surface area contributed by atoms with Gasteiger partial charge in [-0.15, -0.1) is 0 Å². The lowest BCUT2D eigenvalue weighted by Gasteiger charge is -2.15. The maximum Gasteiger partial charge on any atom is 0.271 e. The quantitative estimate of drug-likeness (QED) is 0.678. The number of nitro groups is 1. The zero-order valence-corrected chi connectivity index (χ0v) is 10.6. The number of rotatable bonds is 4. The molecule has 0 saturated heterocycles. The lowest BCUT2D eigenvalue weighted by Crippen LogP contribution is -2.07. The summed E-state index contributed by atoms with van der Waals surface area (Å²) in [6.45, 7) is 1.72. The summed E-state index contributed by atoms with van der Waals surface area (Å²) in [7, 11) is 0. The molecule has 0 radical (unpaired) electrons. The number of hydrogen-bond acceptors (Lipinski definition) is 3. The summed E-state index contributed by atoms with van der Waals surface area (Å²) in [6.07, 6.45) is 0. The van der Waals surface area contributed by atoms with Gasteiger partial charge in [0.2, 0.25) is 0 Å². The Morgan fingerprint density at radius 2 is 1.80 bits per heavy atom. The molecule has 2 rings (SSSR count). The number of anilines is 1. The zero-order chi connectivity index (χ0) is 14.7. The monoisotopic (exact) mass is 278 g/mol. The molecule has 0 amide bonds. The summed E-state index contributed by atoms with van der Waals surface area (Å²) >= 11 is 0. The van der Waals surface area contributed by atoms with Gasteiger partial charge in [-0.3, -0.25) is 10.1 Å². The first-order chi connectivity index (χ1) is 9.45. The van der Waals surface area contributed by atoms with Crippen LogP contribution in [-0.4, -0.2) is 4.92 Å². The van der Waals surface area contributed by atoms with Crippen LogP contribution in [0.15, 0.2) is 42.5 Å².